The SMILES string of the molecule is Cc1nn(-c2ccc(F)cc2F)c(C)c1CC(=O)NCc1nc(CN)cc(=O)[nH]1. The number of aromatic nitrogens is 4. The number of carbonyl (C=O) groups excluding carboxylic acids is 1. The first kappa shape index (κ1) is 20.3. The molecule has 0 spiro atoms. The molecule has 3 aromatic rings. The Labute approximate surface area is 164 Å². The third-order valence-corrected chi connectivity index (χ3v) is 4.42. The molecule has 10 heteroatoms. The van der Waals surface area contributed by atoms with Gasteiger partial charge in [-0.3, -0.25) is 9.59 Å². The minimum Gasteiger partial charge on any atom is -0.349 e. The highest BCUT2D eigenvalue weighted by molar-refractivity contribution is 5.79. The summed E-state index contributed by atoms with van der Waals surface area (Å²) in [7, 11) is 0. The molecule has 0 aliphatic rings. The highest BCUT2D eigenvalue weighted by Crippen LogP contribution is 2.21. The molecule has 1 aromatic carbocycles. The standard InChI is InChI=1S/C19H20F2N6O2/c1-10-14(11(2)27(26-10)16-4-3-12(20)5-15(16)21)7-18(28)23-9-17-24-13(8-22)6-19(29)25-17/h3-6H,7-9,22H2,1-2H3,(H,23,28)(H,24,25,29). The second kappa shape index (κ2) is 8.31. The van der Waals surface area contributed by atoms with Gasteiger partial charge in [0, 0.05) is 29.9 Å². The van der Waals surface area contributed by atoms with Crippen LogP contribution in [-0.4, -0.2) is 25.7 Å². The molecule has 0 aliphatic carbocycles. The van der Waals surface area contributed by atoms with Gasteiger partial charge in [0.2, 0.25) is 5.91 Å². The van der Waals surface area contributed by atoms with E-state index >= 15 is 0 Å². The van der Waals surface area contributed by atoms with Gasteiger partial charge in [0.25, 0.3) is 5.56 Å². The molecule has 3 rings (SSSR count). The number of hydrogen-bond acceptors (Lipinski definition) is 5. The van der Waals surface area contributed by atoms with Crippen LogP contribution in [0.25, 0.3) is 5.69 Å². The molecule has 2 aromatic heterocycles. The highest BCUT2D eigenvalue weighted by atomic mass is 19.1. The number of benzene rings is 1. The second-order valence-corrected chi connectivity index (χ2v) is 6.50. The second-order valence-electron chi connectivity index (χ2n) is 6.50. The maximum atomic E-state index is 14.1. The van der Waals surface area contributed by atoms with Gasteiger partial charge in [-0.05, 0) is 26.0 Å². The minimum absolute atomic E-state index is 0.00128. The molecule has 1 amide bonds. The highest BCUT2D eigenvalue weighted by Gasteiger charge is 2.18. The van der Waals surface area contributed by atoms with Crippen LogP contribution in [-0.2, 0) is 24.3 Å². The Bertz CT molecular complexity index is 1120. The Morgan fingerprint density at radius 3 is 2.72 bits per heavy atom. The van der Waals surface area contributed by atoms with E-state index in [0.29, 0.717) is 28.5 Å². The van der Waals surface area contributed by atoms with Crippen molar-refractivity contribution in [1.82, 2.24) is 25.1 Å². The lowest BCUT2D eigenvalue weighted by Crippen LogP contribution is -2.27. The van der Waals surface area contributed by atoms with Crippen molar-refractivity contribution in [2.75, 3.05) is 0 Å². The zero-order valence-electron chi connectivity index (χ0n) is 15.9. The topological polar surface area (TPSA) is 119 Å². The Morgan fingerprint density at radius 1 is 1.28 bits per heavy atom. The van der Waals surface area contributed by atoms with E-state index in [1.807, 2.05) is 0 Å². The molecule has 0 radical (unpaired) electrons. The Hall–Kier alpha value is -3.40. The van der Waals surface area contributed by atoms with Crippen molar-refractivity contribution in [3.8, 4) is 5.69 Å². The van der Waals surface area contributed by atoms with E-state index in [2.05, 4.69) is 20.4 Å². The van der Waals surface area contributed by atoms with Crippen LogP contribution in [0, 0.1) is 25.5 Å². The van der Waals surface area contributed by atoms with Crippen molar-refractivity contribution in [2.24, 2.45) is 5.73 Å². The fourth-order valence-electron chi connectivity index (χ4n) is 2.98. The molecule has 0 aliphatic heterocycles. The third kappa shape index (κ3) is 4.54. The van der Waals surface area contributed by atoms with E-state index < -0.39 is 11.6 Å². The predicted molar refractivity (Wildman–Crippen MR) is 101 cm³/mol. The van der Waals surface area contributed by atoms with Crippen molar-refractivity contribution in [3.63, 3.8) is 0 Å². The maximum absolute atomic E-state index is 14.1. The Morgan fingerprint density at radius 2 is 2.03 bits per heavy atom. The van der Waals surface area contributed by atoms with Gasteiger partial charge < -0.3 is 16.0 Å². The van der Waals surface area contributed by atoms with E-state index in [4.69, 9.17) is 5.73 Å². The summed E-state index contributed by atoms with van der Waals surface area (Å²) < 4.78 is 28.6. The molecular weight excluding hydrogens is 382 g/mol. The largest absolute Gasteiger partial charge is 0.349 e. The molecule has 0 saturated carbocycles. The van der Waals surface area contributed by atoms with E-state index in [9.17, 15) is 18.4 Å². The van der Waals surface area contributed by atoms with Crippen LogP contribution in [0.5, 0.6) is 0 Å². The van der Waals surface area contributed by atoms with Gasteiger partial charge >= 0.3 is 0 Å². The normalized spacial score (nSPS) is 10.9. The average Bonchev–Trinajstić information content (AvgIpc) is 2.94. The quantitative estimate of drug-likeness (QED) is 0.572. The molecule has 4 N–H and O–H groups in total. The zero-order valence-corrected chi connectivity index (χ0v) is 15.9. The molecule has 29 heavy (non-hydrogen) atoms. The lowest BCUT2D eigenvalue weighted by Gasteiger charge is -2.08. The van der Waals surface area contributed by atoms with E-state index in [-0.39, 0.29) is 36.7 Å². The lowest BCUT2D eigenvalue weighted by atomic mass is 10.1. The van der Waals surface area contributed by atoms with Crippen LogP contribution in [0.2, 0.25) is 0 Å². The van der Waals surface area contributed by atoms with E-state index in [1.165, 1.54) is 16.8 Å². The zero-order chi connectivity index (χ0) is 21.1. The number of amides is 1. The van der Waals surface area contributed by atoms with Crippen LogP contribution in [0.15, 0.2) is 29.1 Å². The number of aryl methyl sites for hydroxylation is 1. The molecule has 8 nitrogen and oxygen atoms in total. The number of nitrogens with one attached hydrogen (secondary N) is 2. The van der Waals surface area contributed by atoms with Gasteiger partial charge in [0.15, 0.2) is 5.82 Å². The minimum atomic E-state index is -0.749. The number of nitrogens with zero attached hydrogens (tertiary/aromatic N) is 3. The number of carbonyl (C=O) groups is 1. The maximum Gasteiger partial charge on any atom is 0.251 e. The van der Waals surface area contributed by atoms with Gasteiger partial charge in [-0.2, -0.15) is 5.10 Å². The summed E-state index contributed by atoms with van der Waals surface area (Å²) in [5.41, 5.74) is 7.41. The molecule has 0 bridgehead atoms. The summed E-state index contributed by atoms with van der Waals surface area (Å²) in [4.78, 5) is 30.6. The van der Waals surface area contributed by atoms with Crippen molar-refractivity contribution in [2.45, 2.75) is 33.4 Å². The number of nitrogens with two attached hydrogens (primary N) is 1. The summed E-state index contributed by atoms with van der Waals surface area (Å²) in [6.07, 6.45) is 0.00128. The molecule has 0 unspecified atom stereocenters. The third-order valence-electron chi connectivity index (χ3n) is 4.42. The van der Waals surface area contributed by atoms with Crippen molar-refractivity contribution in [3.05, 3.63) is 74.7 Å². The van der Waals surface area contributed by atoms with E-state index in [1.54, 1.807) is 13.8 Å². The first-order chi connectivity index (χ1) is 13.8. The molecule has 2 heterocycles. The lowest BCUT2D eigenvalue weighted by molar-refractivity contribution is -0.120. The van der Waals surface area contributed by atoms with Gasteiger partial charge in [0.05, 0.1) is 24.4 Å². The van der Waals surface area contributed by atoms with E-state index in [0.717, 1.165) is 12.1 Å². The average molecular weight is 402 g/mol. The fraction of sp³-hybridized carbons (Fsp3) is 0.263. The first-order valence-electron chi connectivity index (χ1n) is 8.85. The van der Waals surface area contributed by atoms with Crippen molar-refractivity contribution >= 4 is 5.91 Å². The van der Waals surface area contributed by atoms with Gasteiger partial charge in [0.1, 0.15) is 17.3 Å². The van der Waals surface area contributed by atoms with Gasteiger partial charge in [-0.15, -0.1) is 0 Å². The summed E-state index contributed by atoms with van der Waals surface area (Å²) in [6, 6.07) is 4.51. The number of aromatic amines is 1. The monoisotopic (exact) mass is 402 g/mol. The first-order valence-corrected chi connectivity index (χ1v) is 8.85. The van der Waals surface area contributed by atoms with Crippen molar-refractivity contribution in [1.29, 1.82) is 0 Å². The molecule has 0 fully saturated rings. The summed E-state index contributed by atoms with van der Waals surface area (Å²) in [5.74, 6) is -1.46. The number of H-pyrrole nitrogens is 1. The molecular formula is C19H20F2N6O2. The number of halogens is 2. The number of hydrogen-bond donors (Lipinski definition) is 3. The van der Waals surface area contributed by atoms with Crippen LogP contribution >= 0.6 is 0 Å². The van der Waals surface area contributed by atoms with Crippen molar-refractivity contribution < 1.29 is 13.6 Å². The summed E-state index contributed by atoms with van der Waals surface area (Å²) in [6.45, 7) is 3.55. The smallest absolute Gasteiger partial charge is 0.251 e. The molecule has 152 valence electrons. The van der Waals surface area contributed by atoms with Crippen LogP contribution < -0.4 is 16.6 Å². The van der Waals surface area contributed by atoms with Gasteiger partial charge in [-0.25, -0.2) is 18.4 Å². The predicted octanol–water partition coefficient (Wildman–Crippen LogP) is 1.17. The van der Waals surface area contributed by atoms with Crippen LogP contribution in [0.4, 0.5) is 8.78 Å². The number of rotatable bonds is 6. The Kier molecular flexibility index (Phi) is 5.83. The molecule has 0 atom stereocenters. The van der Waals surface area contributed by atoms with Crippen LogP contribution in [0.1, 0.15) is 28.5 Å². The Balaban J connectivity index is 1.75. The summed E-state index contributed by atoms with van der Waals surface area (Å²) >= 11 is 0. The van der Waals surface area contributed by atoms with Crippen LogP contribution in [0.3, 0.4) is 0 Å². The molecule has 0 saturated heterocycles. The summed E-state index contributed by atoms with van der Waals surface area (Å²) in [5, 5.41) is 6.95. The van der Waals surface area contributed by atoms with Gasteiger partial charge in [-0.1, -0.05) is 0 Å². The fourth-order valence-corrected chi connectivity index (χ4v) is 2.98.